The van der Waals surface area contributed by atoms with E-state index >= 15 is 0 Å². The number of fused-ring (bicyclic) bond motifs is 12. The van der Waals surface area contributed by atoms with Gasteiger partial charge in [0.2, 0.25) is 0 Å². The number of hydrogen-bond acceptors (Lipinski definition) is 0. The van der Waals surface area contributed by atoms with Gasteiger partial charge in [-0.3, -0.25) is 0 Å². The standard InChI is InChI=1S/C15H20/c1-2-10-11(3-1)13-7-12(10)14-8-4-5-9(6-8)15(13)14/h1,4,8-15H,2-3,5-7H2. The summed E-state index contributed by atoms with van der Waals surface area (Å²) in [6, 6.07) is 0. The molecule has 0 spiro atoms. The van der Waals surface area contributed by atoms with Gasteiger partial charge in [-0.05, 0) is 92.3 Å². The Bertz CT molecular complexity index is 279. The summed E-state index contributed by atoms with van der Waals surface area (Å²) >= 11 is 0. The summed E-state index contributed by atoms with van der Waals surface area (Å²) in [5.41, 5.74) is 0. The predicted molar refractivity (Wildman–Crippen MR) is 59.6 cm³/mol. The molecule has 0 aliphatic heterocycles. The van der Waals surface area contributed by atoms with Crippen molar-refractivity contribution in [2.75, 3.05) is 0 Å². The molecule has 5 fully saturated rings. The van der Waals surface area contributed by atoms with E-state index in [1.54, 1.807) is 12.8 Å². The second-order valence-electron chi connectivity index (χ2n) is 6.94. The molecule has 4 bridgehead atoms. The zero-order chi connectivity index (χ0) is 9.57. The zero-order valence-corrected chi connectivity index (χ0v) is 9.31. The van der Waals surface area contributed by atoms with Crippen LogP contribution in [0.2, 0.25) is 0 Å². The monoisotopic (exact) mass is 200 g/mol. The minimum Gasteiger partial charge on any atom is -0.0468 e. The summed E-state index contributed by atoms with van der Waals surface area (Å²) in [6.07, 6.45) is 13.0. The first-order chi connectivity index (χ1) is 7.43. The van der Waals surface area contributed by atoms with E-state index in [9.17, 15) is 0 Å². The third-order valence-electron chi connectivity index (χ3n) is 6.86. The van der Waals surface area contributed by atoms with Crippen molar-refractivity contribution >= 4 is 0 Å². The summed E-state index contributed by atoms with van der Waals surface area (Å²) in [5, 5.41) is 0. The fourth-order valence-corrected chi connectivity index (χ4v) is 6.72. The molecule has 0 aromatic rings. The van der Waals surface area contributed by atoms with Gasteiger partial charge in [0.15, 0.2) is 0 Å². The van der Waals surface area contributed by atoms with Crippen molar-refractivity contribution in [2.45, 2.75) is 32.1 Å². The fraction of sp³-hybridized carbons (Fsp3) is 0.867. The average molecular weight is 200 g/mol. The van der Waals surface area contributed by atoms with Crippen LogP contribution in [0.5, 0.6) is 0 Å². The van der Waals surface area contributed by atoms with Crippen LogP contribution in [-0.2, 0) is 0 Å². The van der Waals surface area contributed by atoms with Crippen LogP contribution >= 0.6 is 0 Å². The first kappa shape index (κ1) is 8.14. The van der Waals surface area contributed by atoms with Crippen LogP contribution in [0, 0.1) is 60.2 Å². The minimum atomic E-state index is 1.07. The van der Waals surface area contributed by atoms with Crippen LogP contribution in [-0.4, -0.2) is 0 Å². The second kappa shape index (κ2) is 2.46. The van der Waals surface area contributed by atoms with E-state index in [-0.39, 0.29) is 0 Å². The molecule has 0 N–H and O–H groups in total. The van der Waals surface area contributed by atoms with Gasteiger partial charge in [0.05, 0.1) is 0 Å². The van der Waals surface area contributed by atoms with E-state index in [1.165, 1.54) is 37.0 Å². The Kier molecular flexibility index (Phi) is 1.34. The minimum absolute atomic E-state index is 1.07. The van der Waals surface area contributed by atoms with Gasteiger partial charge in [-0.25, -0.2) is 0 Å². The highest BCUT2D eigenvalue weighted by Gasteiger charge is 2.65. The molecule has 0 amide bonds. The predicted octanol–water partition coefficient (Wildman–Crippen LogP) is 3.34. The number of hydrogen-bond donors (Lipinski definition) is 0. The normalized spacial score (nSPS) is 68.8. The van der Waals surface area contributed by atoms with E-state index in [0.29, 0.717) is 0 Å². The van der Waals surface area contributed by atoms with E-state index < -0.39 is 0 Å². The Hall–Kier alpha value is 0. The third-order valence-corrected chi connectivity index (χ3v) is 6.86. The number of rotatable bonds is 0. The molecule has 15 heavy (non-hydrogen) atoms. The van der Waals surface area contributed by atoms with Crippen molar-refractivity contribution in [1.82, 2.24) is 0 Å². The van der Waals surface area contributed by atoms with Crippen molar-refractivity contribution in [3.05, 3.63) is 12.8 Å². The Balaban J connectivity index is 1.59. The molecule has 0 aromatic heterocycles. The highest BCUT2D eigenvalue weighted by molar-refractivity contribution is 5.18. The maximum Gasteiger partial charge on any atom is -0.0318 e. The Morgan fingerprint density at radius 1 is 0.733 bits per heavy atom. The summed E-state index contributed by atoms with van der Waals surface area (Å²) in [6.45, 7) is 0. The molecule has 5 rings (SSSR count). The molecule has 0 aromatic carbocycles. The van der Waals surface area contributed by atoms with Gasteiger partial charge in [0.1, 0.15) is 0 Å². The molecule has 5 aliphatic carbocycles. The molecule has 0 heterocycles. The van der Waals surface area contributed by atoms with Crippen molar-refractivity contribution in [2.24, 2.45) is 47.3 Å². The third kappa shape index (κ3) is 0.775. The van der Waals surface area contributed by atoms with Crippen molar-refractivity contribution in [3.8, 4) is 0 Å². The van der Waals surface area contributed by atoms with Crippen molar-refractivity contribution in [3.63, 3.8) is 0 Å². The molecule has 5 saturated carbocycles. The summed E-state index contributed by atoms with van der Waals surface area (Å²) in [4.78, 5) is 0. The van der Waals surface area contributed by atoms with Gasteiger partial charge < -0.3 is 0 Å². The molecular weight excluding hydrogens is 180 g/mol. The first-order valence-corrected chi connectivity index (χ1v) is 7.08. The quantitative estimate of drug-likeness (QED) is 0.526. The van der Waals surface area contributed by atoms with Gasteiger partial charge in [-0.2, -0.15) is 0 Å². The van der Waals surface area contributed by atoms with E-state index in [4.69, 9.17) is 0 Å². The largest absolute Gasteiger partial charge is 0.0468 e. The molecule has 0 heteroatoms. The van der Waals surface area contributed by atoms with Crippen molar-refractivity contribution in [1.29, 1.82) is 0 Å². The lowest BCUT2D eigenvalue weighted by Crippen LogP contribution is -2.36. The molecule has 8 unspecified atom stereocenters. The Labute approximate surface area is 92.8 Å². The smallest absolute Gasteiger partial charge is 0.0318 e. The van der Waals surface area contributed by atoms with Crippen LogP contribution in [0.25, 0.3) is 0 Å². The van der Waals surface area contributed by atoms with E-state index in [1.807, 2.05) is 0 Å². The van der Waals surface area contributed by atoms with Gasteiger partial charge >= 0.3 is 0 Å². The Morgan fingerprint density at radius 3 is 2.40 bits per heavy atom. The zero-order valence-electron chi connectivity index (χ0n) is 9.31. The van der Waals surface area contributed by atoms with Gasteiger partial charge in [0, 0.05) is 0 Å². The lowest BCUT2D eigenvalue weighted by atomic mass is 9.64. The highest BCUT2D eigenvalue weighted by atomic mass is 14.7. The van der Waals surface area contributed by atoms with E-state index in [0.717, 1.165) is 29.6 Å². The highest BCUT2D eigenvalue weighted by Crippen LogP contribution is 2.72. The molecular formula is C15H20. The first-order valence-electron chi connectivity index (χ1n) is 7.08. The van der Waals surface area contributed by atoms with E-state index in [2.05, 4.69) is 12.8 Å². The van der Waals surface area contributed by atoms with Gasteiger partial charge in [0.25, 0.3) is 0 Å². The van der Waals surface area contributed by atoms with Crippen LogP contribution in [0.15, 0.2) is 0 Å². The summed E-state index contributed by atoms with van der Waals surface area (Å²) in [5.74, 6) is 9.19. The van der Waals surface area contributed by atoms with Crippen molar-refractivity contribution < 1.29 is 0 Å². The maximum absolute atomic E-state index is 2.69. The van der Waals surface area contributed by atoms with Crippen LogP contribution in [0.3, 0.4) is 0 Å². The molecule has 8 atom stereocenters. The van der Waals surface area contributed by atoms with Crippen LogP contribution < -0.4 is 0 Å². The van der Waals surface area contributed by atoms with Gasteiger partial charge in [-0.1, -0.05) is 0 Å². The molecule has 2 radical (unpaired) electrons. The fourth-order valence-electron chi connectivity index (χ4n) is 6.72. The summed E-state index contributed by atoms with van der Waals surface area (Å²) < 4.78 is 0. The SMILES string of the molecule is [CH]1CC2C(C1)C1CC2C2C3[CH]CC(C3)C12. The lowest BCUT2D eigenvalue weighted by Gasteiger charge is -2.40. The molecule has 80 valence electrons. The van der Waals surface area contributed by atoms with Crippen LogP contribution in [0.1, 0.15) is 32.1 Å². The topological polar surface area (TPSA) is 0 Å². The van der Waals surface area contributed by atoms with Gasteiger partial charge in [-0.15, -0.1) is 0 Å². The molecule has 0 nitrogen and oxygen atoms in total. The van der Waals surface area contributed by atoms with Crippen LogP contribution in [0.4, 0.5) is 0 Å². The Morgan fingerprint density at radius 2 is 1.53 bits per heavy atom. The second-order valence-corrected chi connectivity index (χ2v) is 6.94. The average Bonchev–Trinajstić information content (AvgIpc) is 3.03. The molecule has 0 saturated heterocycles. The summed E-state index contributed by atoms with van der Waals surface area (Å²) in [7, 11) is 0. The maximum atomic E-state index is 2.69. The molecule has 5 aliphatic rings. The lowest BCUT2D eigenvalue weighted by molar-refractivity contribution is 0.0869.